The Morgan fingerprint density at radius 1 is 0.833 bits per heavy atom. The molecule has 0 radical (unpaired) electrons. The number of nitro benzene ring substituents is 1. The van der Waals surface area contributed by atoms with E-state index in [1.165, 1.54) is 0 Å². The summed E-state index contributed by atoms with van der Waals surface area (Å²) in [6.07, 6.45) is -15.7. The van der Waals surface area contributed by atoms with Gasteiger partial charge in [0.05, 0.1) is 21.7 Å². The van der Waals surface area contributed by atoms with Crippen molar-refractivity contribution in [2.45, 2.75) is 37.9 Å². The van der Waals surface area contributed by atoms with Gasteiger partial charge in [-0.1, -0.05) is 0 Å². The van der Waals surface area contributed by atoms with Crippen LogP contribution in [0.3, 0.4) is 0 Å². The fourth-order valence-corrected chi connectivity index (χ4v) is 4.10. The average Bonchev–Trinajstić information content (AvgIpc) is 2.89. The van der Waals surface area contributed by atoms with Crippen molar-refractivity contribution < 1.29 is 49.2 Å². The van der Waals surface area contributed by atoms with Crippen molar-refractivity contribution in [1.82, 2.24) is 0 Å². The van der Waals surface area contributed by atoms with Crippen LogP contribution >= 0.6 is 12.2 Å². The molecule has 0 N–H and O–H groups in total. The van der Waals surface area contributed by atoms with E-state index >= 15 is 0 Å². The molecular formula is C20H12F9N3O3S. The zero-order valence-corrected chi connectivity index (χ0v) is 18.7. The van der Waals surface area contributed by atoms with Gasteiger partial charge in [-0.25, -0.2) is 0 Å². The molecule has 0 aliphatic carbocycles. The SMILES string of the molecule is CC1(C)C(=O)N(c2ccc([N+](=O)[O-])c(C(F)(F)F)c2)C(=S)N1c1cc(C(F)(F)F)cc(C(F)(F)F)c1. The van der Waals surface area contributed by atoms with Crippen LogP contribution in [0.2, 0.25) is 0 Å². The molecule has 36 heavy (non-hydrogen) atoms. The smallest absolute Gasteiger partial charge is 0.304 e. The van der Waals surface area contributed by atoms with Gasteiger partial charge in [-0.2, -0.15) is 39.5 Å². The number of amides is 1. The van der Waals surface area contributed by atoms with Crippen LogP contribution in [0.15, 0.2) is 36.4 Å². The molecule has 6 nitrogen and oxygen atoms in total. The van der Waals surface area contributed by atoms with Gasteiger partial charge in [-0.15, -0.1) is 0 Å². The van der Waals surface area contributed by atoms with Gasteiger partial charge in [0.15, 0.2) is 5.11 Å². The van der Waals surface area contributed by atoms with Gasteiger partial charge in [0.1, 0.15) is 11.1 Å². The lowest BCUT2D eigenvalue weighted by atomic mass is 10.0. The molecule has 0 atom stereocenters. The fourth-order valence-electron chi connectivity index (χ4n) is 3.57. The number of alkyl halides is 9. The Bertz CT molecular complexity index is 1240. The second kappa shape index (κ2) is 8.31. The quantitative estimate of drug-likeness (QED) is 0.189. The number of rotatable bonds is 3. The molecule has 0 aromatic heterocycles. The molecule has 1 fully saturated rings. The third-order valence-corrected chi connectivity index (χ3v) is 5.60. The van der Waals surface area contributed by atoms with Crippen molar-refractivity contribution in [2.24, 2.45) is 0 Å². The molecular weight excluding hydrogens is 533 g/mol. The first kappa shape index (κ1) is 27.2. The van der Waals surface area contributed by atoms with Crippen LogP contribution in [0.1, 0.15) is 30.5 Å². The molecule has 1 saturated heterocycles. The number of thiocarbonyl (C=S) groups is 1. The maximum absolute atomic E-state index is 13.4. The summed E-state index contributed by atoms with van der Waals surface area (Å²) < 4.78 is 120. The van der Waals surface area contributed by atoms with E-state index < -0.39 is 73.8 Å². The van der Waals surface area contributed by atoms with Gasteiger partial charge in [-0.05, 0) is 56.4 Å². The third-order valence-electron chi connectivity index (χ3n) is 5.24. The molecule has 0 saturated carbocycles. The minimum atomic E-state index is -5.24. The first-order valence-electron chi connectivity index (χ1n) is 9.51. The van der Waals surface area contributed by atoms with Crippen LogP contribution in [0.25, 0.3) is 0 Å². The van der Waals surface area contributed by atoms with E-state index in [0.29, 0.717) is 28.0 Å². The van der Waals surface area contributed by atoms with Gasteiger partial charge in [0.25, 0.3) is 11.6 Å². The van der Waals surface area contributed by atoms with Crippen LogP contribution in [0, 0.1) is 10.1 Å². The highest BCUT2D eigenvalue weighted by Gasteiger charge is 2.52. The minimum absolute atomic E-state index is 0.138. The number of nitrogens with zero attached hydrogens (tertiary/aromatic N) is 3. The second-order valence-electron chi connectivity index (χ2n) is 8.04. The number of benzene rings is 2. The Kier molecular flexibility index (Phi) is 6.27. The highest BCUT2D eigenvalue weighted by atomic mass is 32.1. The topological polar surface area (TPSA) is 66.7 Å². The predicted molar refractivity (Wildman–Crippen MR) is 111 cm³/mol. The Morgan fingerprint density at radius 3 is 1.75 bits per heavy atom. The van der Waals surface area contributed by atoms with Crippen molar-refractivity contribution in [1.29, 1.82) is 0 Å². The zero-order valence-electron chi connectivity index (χ0n) is 17.8. The number of hydrogen-bond donors (Lipinski definition) is 0. The lowest BCUT2D eigenvalue weighted by Crippen LogP contribution is -2.44. The standard InChI is InChI=1S/C20H12F9N3O3S/c1-17(2)15(33)30(11-3-4-14(32(34)35)13(8-11)20(27,28)29)16(36)31(17)12-6-9(18(21,22)23)5-10(7-12)19(24,25)26/h3-8H,1-2H3. The number of hydrogen-bond acceptors (Lipinski definition) is 4. The maximum Gasteiger partial charge on any atom is 0.423 e. The number of nitro groups is 1. The Balaban J connectivity index is 2.21. The lowest BCUT2D eigenvalue weighted by Gasteiger charge is -2.30. The molecule has 1 aliphatic rings. The zero-order chi connectivity index (χ0) is 27.6. The van der Waals surface area contributed by atoms with Crippen LogP contribution in [0.4, 0.5) is 56.6 Å². The molecule has 0 bridgehead atoms. The number of anilines is 2. The van der Waals surface area contributed by atoms with Gasteiger partial charge in [-0.3, -0.25) is 19.8 Å². The molecule has 2 aromatic rings. The van der Waals surface area contributed by atoms with E-state index in [9.17, 15) is 54.4 Å². The molecule has 0 unspecified atom stereocenters. The summed E-state index contributed by atoms with van der Waals surface area (Å²) in [5.41, 5.74) is -9.85. The van der Waals surface area contributed by atoms with E-state index in [4.69, 9.17) is 12.2 Å². The fraction of sp³-hybridized carbons (Fsp3) is 0.300. The number of halogens is 9. The summed E-state index contributed by atoms with van der Waals surface area (Å²) in [6, 6.07) is 1.95. The van der Waals surface area contributed by atoms with Crippen molar-refractivity contribution >= 4 is 40.3 Å². The number of carbonyl (C=O) groups is 1. The van der Waals surface area contributed by atoms with Gasteiger partial charge < -0.3 is 4.90 Å². The Labute approximate surface area is 201 Å². The molecule has 16 heteroatoms. The molecule has 2 aromatic carbocycles. The van der Waals surface area contributed by atoms with Gasteiger partial charge >= 0.3 is 18.5 Å². The normalized spacial score (nSPS) is 16.6. The van der Waals surface area contributed by atoms with Crippen molar-refractivity contribution in [3.63, 3.8) is 0 Å². The molecule has 3 rings (SSSR count). The molecule has 194 valence electrons. The second-order valence-corrected chi connectivity index (χ2v) is 8.40. The van der Waals surface area contributed by atoms with E-state index in [1.807, 2.05) is 0 Å². The summed E-state index contributed by atoms with van der Waals surface area (Å²) in [5, 5.41) is 10.3. The van der Waals surface area contributed by atoms with E-state index in [-0.39, 0.29) is 12.1 Å². The minimum Gasteiger partial charge on any atom is -0.304 e. The Hall–Kier alpha value is -3.43. The summed E-state index contributed by atoms with van der Waals surface area (Å²) in [5.74, 6) is -1.10. The molecule has 0 spiro atoms. The average molecular weight is 545 g/mol. The Morgan fingerprint density at radius 2 is 1.33 bits per heavy atom. The van der Waals surface area contributed by atoms with E-state index in [2.05, 4.69) is 0 Å². The van der Waals surface area contributed by atoms with E-state index in [0.717, 1.165) is 19.9 Å². The summed E-state index contributed by atoms with van der Waals surface area (Å²) in [6.45, 7) is 2.18. The van der Waals surface area contributed by atoms with Crippen LogP contribution in [0.5, 0.6) is 0 Å². The highest BCUT2D eigenvalue weighted by Crippen LogP contribution is 2.44. The molecule has 1 heterocycles. The molecule has 1 aliphatic heterocycles. The van der Waals surface area contributed by atoms with Gasteiger partial charge in [0, 0.05) is 11.8 Å². The van der Waals surface area contributed by atoms with Crippen LogP contribution < -0.4 is 9.80 Å². The summed E-state index contributed by atoms with van der Waals surface area (Å²) >= 11 is 5.10. The first-order chi connectivity index (χ1) is 16.2. The monoisotopic (exact) mass is 545 g/mol. The van der Waals surface area contributed by atoms with Crippen molar-refractivity contribution in [2.75, 3.05) is 9.80 Å². The van der Waals surface area contributed by atoms with Gasteiger partial charge in [0.2, 0.25) is 0 Å². The van der Waals surface area contributed by atoms with Crippen LogP contribution in [-0.2, 0) is 23.3 Å². The van der Waals surface area contributed by atoms with Crippen molar-refractivity contribution in [3.05, 3.63) is 63.2 Å². The third kappa shape index (κ3) is 4.68. The van der Waals surface area contributed by atoms with Crippen molar-refractivity contribution in [3.8, 4) is 0 Å². The highest BCUT2D eigenvalue weighted by molar-refractivity contribution is 7.81. The summed E-state index contributed by atoms with van der Waals surface area (Å²) in [7, 11) is 0. The summed E-state index contributed by atoms with van der Waals surface area (Å²) in [4.78, 5) is 23.9. The number of carbonyl (C=O) groups excluding carboxylic acids is 1. The van der Waals surface area contributed by atoms with Crippen LogP contribution in [-0.4, -0.2) is 21.5 Å². The predicted octanol–water partition coefficient (Wildman–Crippen LogP) is 6.57. The van der Waals surface area contributed by atoms with E-state index in [1.54, 1.807) is 0 Å². The first-order valence-corrected chi connectivity index (χ1v) is 9.92. The lowest BCUT2D eigenvalue weighted by molar-refractivity contribution is -0.388. The largest absolute Gasteiger partial charge is 0.423 e. The molecule has 1 amide bonds. The maximum atomic E-state index is 13.4.